The fourth-order valence-corrected chi connectivity index (χ4v) is 2.33. The number of carboxylic acid groups (broad SMARTS) is 1. The predicted octanol–water partition coefficient (Wildman–Crippen LogP) is 1.45. The van der Waals surface area contributed by atoms with Crippen LogP contribution in [-0.2, 0) is 4.79 Å². The van der Waals surface area contributed by atoms with E-state index in [0.717, 1.165) is 12.1 Å². The molecule has 0 aliphatic heterocycles. The molecule has 1 unspecified atom stereocenters. The average molecular weight is 346 g/mol. The molecule has 0 bridgehead atoms. The standard InChI is InChI=1S/C18H18FNO5/c1-24-15-8-5-12(9-16(15)25-2)14(10-17(21)22)20-18(23)11-3-6-13(19)7-4-11/h3-9,14H,10H2,1-2H3,(H,20,23)(H,21,22)/p-1. The molecule has 1 atom stereocenters. The minimum Gasteiger partial charge on any atom is -0.550 e. The molecule has 0 radical (unpaired) electrons. The van der Waals surface area contributed by atoms with Crippen molar-refractivity contribution >= 4 is 11.9 Å². The van der Waals surface area contributed by atoms with E-state index >= 15 is 0 Å². The summed E-state index contributed by atoms with van der Waals surface area (Å²) in [5.41, 5.74) is 0.725. The Kier molecular flexibility index (Phi) is 5.94. The summed E-state index contributed by atoms with van der Waals surface area (Å²) < 4.78 is 23.3. The smallest absolute Gasteiger partial charge is 0.251 e. The van der Waals surface area contributed by atoms with E-state index in [1.165, 1.54) is 26.4 Å². The van der Waals surface area contributed by atoms with Crippen LogP contribution in [0.4, 0.5) is 4.39 Å². The second-order valence-electron chi connectivity index (χ2n) is 5.22. The van der Waals surface area contributed by atoms with Gasteiger partial charge in [-0.1, -0.05) is 6.07 Å². The van der Waals surface area contributed by atoms with Crippen LogP contribution in [0.1, 0.15) is 28.4 Å². The molecule has 1 N–H and O–H groups in total. The van der Waals surface area contributed by atoms with Crippen LogP contribution in [0.25, 0.3) is 0 Å². The molecular formula is C18H17FNO5-. The predicted molar refractivity (Wildman–Crippen MR) is 85.8 cm³/mol. The number of amides is 1. The van der Waals surface area contributed by atoms with Crippen LogP contribution in [0.2, 0.25) is 0 Å². The first-order valence-corrected chi connectivity index (χ1v) is 7.42. The number of hydrogen-bond acceptors (Lipinski definition) is 5. The fourth-order valence-electron chi connectivity index (χ4n) is 2.33. The Bertz CT molecular complexity index is 761. The molecule has 0 aromatic heterocycles. The zero-order valence-electron chi connectivity index (χ0n) is 13.7. The molecule has 2 aromatic rings. The van der Waals surface area contributed by atoms with Crippen LogP contribution in [0, 0.1) is 5.82 Å². The summed E-state index contributed by atoms with van der Waals surface area (Å²) >= 11 is 0. The van der Waals surface area contributed by atoms with Crippen molar-refractivity contribution < 1.29 is 28.6 Å². The first kappa shape index (κ1) is 18.3. The molecule has 0 aliphatic carbocycles. The van der Waals surface area contributed by atoms with Crippen LogP contribution < -0.4 is 19.9 Å². The zero-order chi connectivity index (χ0) is 18.4. The van der Waals surface area contributed by atoms with E-state index in [9.17, 15) is 19.1 Å². The molecule has 0 saturated carbocycles. The topological polar surface area (TPSA) is 87.7 Å². The summed E-state index contributed by atoms with van der Waals surface area (Å²) in [5, 5.41) is 13.7. The number of carbonyl (C=O) groups is 2. The second kappa shape index (κ2) is 8.14. The van der Waals surface area contributed by atoms with Crippen molar-refractivity contribution in [3.8, 4) is 11.5 Å². The lowest BCUT2D eigenvalue weighted by Gasteiger charge is -2.21. The normalized spacial score (nSPS) is 11.5. The van der Waals surface area contributed by atoms with Crippen molar-refractivity contribution in [3.63, 3.8) is 0 Å². The molecule has 0 aliphatic rings. The minimum atomic E-state index is -1.32. The van der Waals surface area contributed by atoms with Crippen LogP contribution in [0.3, 0.4) is 0 Å². The number of carbonyl (C=O) groups excluding carboxylic acids is 2. The second-order valence-corrected chi connectivity index (χ2v) is 5.22. The van der Waals surface area contributed by atoms with Gasteiger partial charge in [0.15, 0.2) is 11.5 Å². The van der Waals surface area contributed by atoms with Crippen LogP contribution in [-0.4, -0.2) is 26.1 Å². The minimum absolute atomic E-state index is 0.213. The van der Waals surface area contributed by atoms with E-state index in [2.05, 4.69) is 5.32 Å². The Labute approximate surface area is 144 Å². The lowest BCUT2D eigenvalue weighted by molar-refractivity contribution is -0.306. The fraction of sp³-hybridized carbons (Fsp3) is 0.222. The monoisotopic (exact) mass is 346 g/mol. The number of carboxylic acids is 1. The third-order valence-corrected chi connectivity index (χ3v) is 3.59. The van der Waals surface area contributed by atoms with Gasteiger partial charge in [0.25, 0.3) is 5.91 Å². The largest absolute Gasteiger partial charge is 0.550 e. The van der Waals surface area contributed by atoms with Gasteiger partial charge in [-0.2, -0.15) is 0 Å². The van der Waals surface area contributed by atoms with Crippen molar-refractivity contribution in [2.75, 3.05) is 14.2 Å². The van der Waals surface area contributed by atoms with E-state index in [4.69, 9.17) is 9.47 Å². The van der Waals surface area contributed by atoms with E-state index < -0.39 is 30.2 Å². The maximum absolute atomic E-state index is 13.0. The summed E-state index contributed by atoms with van der Waals surface area (Å²) in [6.07, 6.45) is -0.428. The van der Waals surface area contributed by atoms with Crippen molar-refractivity contribution in [1.82, 2.24) is 5.32 Å². The molecule has 0 saturated heterocycles. The Hall–Kier alpha value is -3.09. The molecule has 132 valence electrons. The molecule has 0 heterocycles. The van der Waals surface area contributed by atoms with Crippen molar-refractivity contribution in [2.45, 2.75) is 12.5 Å². The number of halogens is 1. The number of rotatable bonds is 7. The number of ether oxygens (including phenoxy) is 2. The average Bonchev–Trinajstić information content (AvgIpc) is 2.60. The number of nitrogens with one attached hydrogen (secondary N) is 1. The highest BCUT2D eigenvalue weighted by atomic mass is 19.1. The molecule has 0 spiro atoms. The van der Waals surface area contributed by atoms with Crippen molar-refractivity contribution in [3.05, 3.63) is 59.4 Å². The lowest BCUT2D eigenvalue weighted by Crippen LogP contribution is -2.34. The first-order valence-electron chi connectivity index (χ1n) is 7.42. The maximum Gasteiger partial charge on any atom is 0.251 e. The van der Waals surface area contributed by atoms with E-state index in [-0.39, 0.29) is 5.56 Å². The Morgan fingerprint density at radius 1 is 1.08 bits per heavy atom. The van der Waals surface area contributed by atoms with Crippen LogP contribution in [0.5, 0.6) is 11.5 Å². The van der Waals surface area contributed by atoms with Gasteiger partial charge in [-0.05, 0) is 42.0 Å². The molecule has 0 fully saturated rings. The lowest BCUT2D eigenvalue weighted by atomic mass is 10.0. The molecular weight excluding hydrogens is 329 g/mol. The van der Waals surface area contributed by atoms with Crippen LogP contribution in [0.15, 0.2) is 42.5 Å². The number of methoxy groups -OCH3 is 2. The van der Waals surface area contributed by atoms with Crippen LogP contribution >= 0.6 is 0 Å². The van der Waals surface area contributed by atoms with Crippen molar-refractivity contribution in [2.24, 2.45) is 0 Å². The summed E-state index contributed by atoms with van der Waals surface area (Å²) in [6.45, 7) is 0. The van der Waals surface area contributed by atoms with Gasteiger partial charge < -0.3 is 24.7 Å². The Morgan fingerprint density at radius 2 is 1.72 bits per heavy atom. The summed E-state index contributed by atoms with van der Waals surface area (Å²) in [6, 6.07) is 8.91. The molecule has 25 heavy (non-hydrogen) atoms. The van der Waals surface area contributed by atoms with Gasteiger partial charge in [0.05, 0.1) is 20.3 Å². The molecule has 7 heteroatoms. The van der Waals surface area contributed by atoms with E-state index in [1.807, 2.05) is 0 Å². The summed E-state index contributed by atoms with van der Waals surface area (Å²) in [5.74, 6) is -1.44. The Morgan fingerprint density at radius 3 is 2.28 bits per heavy atom. The molecule has 2 aromatic carbocycles. The maximum atomic E-state index is 13.0. The van der Waals surface area contributed by atoms with Gasteiger partial charge in [-0.15, -0.1) is 0 Å². The Balaban J connectivity index is 2.28. The van der Waals surface area contributed by atoms with Gasteiger partial charge in [0.2, 0.25) is 0 Å². The van der Waals surface area contributed by atoms with Gasteiger partial charge in [-0.3, -0.25) is 4.79 Å². The third kappa shape index (κ3) is 4.69. The molecule has 6 nitrogen and oxygen atoms in total. The van der Waals surface area contributed by atoms with Crippen molar-refractivity contribution in [1.29, 1.82) is 0 Å². The van der Waals surface area contributed by atoms with Gasteiger partial charge in [0, 0.05) is 18.0 Å². The zero-order valence-corrected chi connectivity index (χ0v) is 13.7. The summed E-state index contributed by atoms with van der Waals surface area (Å²) in [4.78, 5) is 23.4. The van der Waals surface area contributed by atoms with E-state index in [0.29, 0.717) is 17.1 Å². The number of aliphatic carboxylic acids is 1. The first-order chi connectivity index (χ1) is 11.9. The van der Waals surface area contributed by atoms with E-state index in [1.54, 1.807) is 18.2 Å². The highest BCUT2D eigenvalue weighted by molar-refractivity contribution is 5.94. The SMILES string of the molecule is COc1ccc(C(CC(=O)[O-])NC(=O)c2ccc(F)cc2)cc1OC. The highest BCUT2D eigenvalue weighted by Crippen LogP contribution is 2.31. The van der Waals surface area contributed by atoms with Gasteiger partial charge >= 0.3 is 0 Å². The van der Waals surface area contributed by atoms with Gasteiger partial charge in [0.1, 0.15) is 5.82 Å². The van der Waals surface area contributed by atoms with Gasteiger partial charge in [-0.25, -0.2) is 4.39 Å². The highest BCUT2D eigenvalue weighted by Gasteiger charge is 2.18. The quantitative estimate of drug-likeness (QED) is 0.820. The molecule has 1 amide bonds. The number of hydrogen-bond donors (Lipinski definition) is 1. The number of benzene rings is 2. The molecule has 2 rings (SSSR count). The third-order valence-electron chi connectivity index (χ3n) is 3.59. The summed E-state index contributed by atoms with van der Waals surface area (Å²) in [7, 11) is 2.93.